The Morgan fingerprint density at radius 2 is 2.20 bits per heavy atom. The lowest BCUT2D eigenvalue weighted by atomic mass is 10.1. The van der Waals surface area contributed by atoms with Crippen LogP contribution in [-0.2, 0) is 18.3 Å². The van der Waals surface area contributed by atoms with Crippen molar-refractivity contribution in [1.29, 1.82) is 0 Å². The Labute approximate surface area is 117 Å². The number of amides is 1. The molecule has 1 aromatic heterocycles. The first kappa shape index (κ1) is 14.4. The van der Waals surface area contributed by atoms with Gasteiger partial charge < -0.3 is 9.73 Å². The molecule has 2 aromatic rings. The summed E-state index contributed by atoms with van der Waals surface area (Å²) in [6.45, 7) is 4.03. The molecule has 0 radical (unpaired) electrons. The van der Waals surface area contributed by atoms with Crippen LogP contribution >= 0.6 is 0 Å². The third-order valence-electron chi connectivity index (χ3n) is 3.52. The average molecular weight is 276 g/mol. The van der Waals surface area contributed by atoms with E-state index in [1.54, 1.807) is 13.1 Å². The monoisotopic (exact) mass is 276 g/mol. The fourth-order valence-electron chi connectivity index (χ4n) is 2.03. The Hall–Kier alpha value is -2.04. The molecule has 0 spiro atoms. The van der Waals surface area contributed by atoms with E-state index in [1.807, 2.05) is 26.0 Å². The standard InChI is InChI=1S/C15H20N2O3/c1-4-10(2)16-14(18)8-6-11-5-7-13-12(9-11)17(3)15(19)20-13/h5,7,9-10H,4,6,8H2,1-3H3,(H,16,18). The Morgan fingerprint density at radius 1 is 1.45 bits per heavy atom. The summed E-state index contributed by atoms with van der Waals surface area (Å²) >= 11 is 0. The SMILES string of the molecule is CCC(C)NC(=O)CCc1ccc2oc(=O)n(C)c2c1. The summed E-state index contributed by atoms with van der Waals surface area (Å²) < 4.78 is 6.54. The van der Waals surface area contributed by atoms with Gasteiger partial charge in [-0.15, -0.1) is 0 Å². The molecule has 1 amide bonds. The molecule has 5 nitrogen and oxygen atoms in total. The molecule has 108 valence electrons. The van der Waals surface area contributed by atoms with Crippen LogP contribution in [0, 0.1) is 0 Å². The van der Waals surface area contributed by atoms with Crippen molar-refractivity contribution in [1.82, 2.24) is 9.88 Å². The molecule has 0 aliphatic heterocycles. The molecule has 1 N–H and O–H groups in total. The van der Waals surface area contributed by atoms with Crippen LogP contribution in [0.25, 0.3) is 11.1 Å². The molecule has 2 rings (SSSR count). The second-order valence-electron chi connectivity index (χ2n) is 5.11. The maximum atomic E-state index is 11.7. The summed E-state index contributed by atoms with van der Waals surface area (Å²) in [6, 6.07) is 5.77. The molecule has 1 heterocycles. The molecule has 1 atom stereocenters. The zero-order valence-electron chi connectivity index (χ0n) is 12.1. The highest BCUT2D eigenvalue weighted by molar-refractivity contribution is 5.77. The molecule has 0 fully saturated rings. The largest absolute Gasteiger partial charge is 0.419 e. The van der Waals surface area contributed by atoms with E-state index in [4.69, 9.17) is 4.42 Å². The summed E-state index contributed by atoms with van der Waals surface area (Å²) in [5.74, 6) is -0.313. The molecule has 0 saturated heterocycles. The van der Waals surface area contributed by atoms with E-state index in [0.717, 1.165) is 17.5 Å². The van der Waals surface area contributed by atoms with E-state index in [-0.39, 0.29) is 17.7 Å². The van der Waals surface area contributed by atoms with Crippen LogP contribution < -0.4 is 11.1 Å². The lowest BCUT2D eigenvalue weighted by Gasteiger charge is -2.11. The van der Waals surface area contributed by atoms with Gasteiger partial charge in [-0.2, -0.15) is 0 Å². The molecule has 0 aliphatic carbocycles. The zero-order chi connectivity index (χ0) is 14.7. The summed E-state index contributed by atoms with van der Waals surface area (Å²) in [5, 5.41) is 2.94. The second kappa shape index (κ2) is 5.94. The van der Waals surface area contributed by atoms with Crippen LogP contribution in [0.15, 0.2) is 27.4 Å². The number of aromatic nitrogens is 1. The van der Waals surface area contributed by atoms with Gasteiger partial charge in [0.1, 0.15) is 0 Å². The van der Waals surface area contributed by atoms with E-state index < -0.39 is 0 Å². The number of fused-ring (bicyclic) bond motifs is 1. The molecule has 0 saturated carbocycles. The third-order valence-corrected chi connectivity index (χ3v) is 3.52. The van der Waals surface area contributed by atoms with E-state index >= 15 is 0 Å². The Morgan fingerprint density at radius 3 is 2.90 bits per heavy atom. The lowest BCUT2D eigenvalue weighted by Crippen LogP contribution is -2.31. The highest BCUT2D eigenvalue weighted by atomic mass is 16.4. The van der Waals surface area contributed by atoms with E-state index in [1.165, 1.54) is 4.57 Å². The van der Waals surface area contributed by atoms with Crippen LogP contribution in [0.5, 0.6) is 0 Å². The molecular formula is C15H20N2O3. The van der Waals surface area contributed by atoms with Gasteiger partial charge in [0.25, 0.3) is 0 Å². The number of benzene rings is 1. The van der Waals surface area contributed by atoms with Crippen molar-refractivity contribution >= 4 is 17.0 Å². The van der Waals surface area contributed by atoms with Gasteiger partial charge in [0.2, 0.25) is 5.91 Å². The van der Waals surface area contributed by atoms with Gasteiger partial charge in [-0.05, 0) is 37.5 Å². The topological polar surface area (TPSA) is 64.2 Å². The summed E-state index contributed by atoms with van der Waals surface area (Å²) in [5.41, 5.74) is 2.35. The van der Waals surface area contributed by atoms with Crippen LogP contribution in [0.1, 0.15) is 32.3 Å². The minimum absolute atomic E-state index is 0.0560. The van der Waals surface area contributed by atoms with Crippen molar-refractivity contribution < 1.29 is 9.21 Å². The fourth-order valence-corrected chi connectivity index (χ4v) is 2.03. The maximum Gasteiger partial charge on any atom is 0.419 e. The van der Waals surface area contributed by atoms with Gasteiger partial charge in [-0.1, -0.05) is 13.0 Å². The number of nitrogens with one attached hydrogen (secondary N) is 1. The maximum absolute atomic E-state index is 11.7. The predicted molar refractivity (Wildman–Crippen MR) is 77.7 cm³/mol. The Balaban J connectivity index is 2.05. The van der Waals surface area contributed by atoms with Crippen LogP contribution in [0.4, 0.5) is 0 Å². The van der Waals surface area contributed by atoms with Gasteiger partial charge in [0, 0.05) is 19.5 Å². The number of rotatable bonds is 5. The van der Waals surface area contributed by atoms with Gasteiger partial charge >= 0.3 is 5.76 Å². The number of nitrogens with zero attached hydrogens (tertiary/aromatic N) is 1. The summed E-state index contributed by atoms with van der Waals surface area (Å²) in [6.07, 6.45) is 2.02. The molecule has 0 bridgehead atoms. The van der Waals surface area contributed by atoms with Crippen LogP contribution in [0.3, 0.4) is 0 Å². The minimum atomic E-state index is -0.369. The second-order valence-corrected chi connectivity index (χ2v) is 5.11. The first-order valence-corrected chi connectivity index (χ1v) is 6.89. The zero-order valence-corrected chi connectivity index (χ0v) is 12.1. The van der Waals surface area contributed by atoms with E-state index in [0.29, 0.717) is 18.4 Å². The van der Waals surface area contributed by atoms with Gasteiger partial charge in [-0.3, -0.25) is 9.36 Å². The average Bonchev–Trinajstić information content (AvgIpc) is 2.72. The summed E-state index contributed by atoms with van der Waals surface area (Å²) in [7, 11) is 1.67. The van der Waals surface area contributed by atoms with Crippen molar-refractivity contribution in [2.24, 2.45) is 7.05 Å². The van der Waals surface area contributed by atoms with Crippen LogP contribution in [0.2, 0.25) is 0 Å². The smallest absolute Gasteiger partial charge is 0.408 e. The minimum Gasteiger partial charge on any atom is -0.408 e. The Bertz CT molecular complexity index is 669. The summed E-state index contributed by atoms with van der Waals surface area (Å²) in [4.78, 5) is 23.1. The first-order chi connectivity index (χ1) is 9.51. The van der Waals surface area contributed by atoms with Crippen LogP contribution in [-0.4, -0.2) is 16.5 Å². The highest BCUT2D eigenvalue weighted by Gasteiger charge is 2.09. The van der Waals surface area contributed by atoms with E-state index in [9.17, 15) is 9.59 Å². The Kier molecular flexibility index (Phi) is 4.27. The highest BCUT2D eigenvalue weighted by Crippen LogP contribution is 2.15. The van der Waals surface area contributed by atoms with Gasteiger partial charge in [0.15, 0.2) is 5.58 Å². The fraction of sp³-hybridized carbons (Fsp3) is 0.467. The predicted octanol–water partition coefficient (Wildman–Crippen LogP) is 1.98. The molecule has 5 heteroatoms. The molecule has 1 unspecified atom stereocenters. The molecule has 20 heavy (non-hydrogen) atoms. The van der Waals surface area contributed by atoms with Crippen molar-refractivity contribution in [2.45, 2.75) is 39.2 Å². The number of aryl methyl sites for hydroxylation is 2. The van der Waals surface area contributed by atoms with Crippen molar-refractivity contribution in [3.8, 4) is 0 Å². The van der Waals surface area contributed by atoms with Crippen molar-refractivity contribution in [2.75, 3.05) is 0 Å². The molecule has 0 aliphatic rings. The van der Waals surface area contributed by atoms with Crippen molar-refractivity contribution in [3.63, 3.8) is 0 Å². The lowest BCUT2D eigenvalue weighted by molar-refractivity contribution is -0.121. The molecular weight excluding hydrogens is 256 g/mol. The first-order valence-electron chi connectivity index (χ1n) is 6.89. The number of hydrogen-bond acceptors (Lipinski definition) is 3. The van der Waals surface area contributed by atoms with Gasteiger partial charge in [0.05, 0.1) is 5.52 Å². The number of hydrogen-bond donors (Lipinski definition) is 1. The quantitative estimate of drug-likeness (QED) is 0.908. The normalized spacial score (nSPS) is 12.6. The van der Waals surface area contributed by atoms with Gasteiger partial charge in [-0.25, -0.2) is 4.79 Å². The molecule has 1 aromatic carbocycles. The number of oxazole rings is 1. The number of carbonyl (C=O) groups is 1. The third kappa shape index (κ3) is 3.10. The van der Waals surface area contributed by atoms with Crippen molar-refractivity contribution in [3.05, 3.63) is 34.3 Å². The van der Waals surface area contributed by atoms with E-state index in [2.05, 4.69) is 5.32 Å². The number of carbonyl (C=O) groups excluding carboxylic acids is 1.